The van der Waals surface area contributed by atoms with Gasteiger partial charge in [0.15, 0.2) is 0 Å². The molecule has 0 fully saturated rings. The molecule has 27 heavy (non-hydrogen) atoms. The molecule has 0 spiro atoms. The van der Waals surface area contributed by atoms with Gasteiger partial charge in [-0.15, -0.1) is 0 Å². The number of benzene rings is 2. The summed E-state index contributed by atoms with van der Waals surface area (Å²) in [7, 11) is 0. The minimum Gasteiger partial charge on any atom is -0.347 e. The largest absolute Gasteiger partial charge is 0.347 e. The third-order valence-corrected chi connectivity index (χ3v) is 4.85. The van der Waals surface area contributed by atoms with Crippen LogP contribution >= 0.6 is 0 Å². The van der Waals surface area contributed by atoms with Crippen LogP contribution in [0.15, 0.2) is 60.9 Å². The molecule has 1 N–H and O–H groups in total. The lowest BCUT2D eigenvalue weighted by atomic mass is 10.0. The number of carbonyl (C=O) groups is 1. The van der Waals surface area contributed by atoms with Gasteiger partial charge in [0.1, 0.15) is 17.8 Å². The van der Waals surface area contributed by atoms with E-state index in [4.69, 9.17) is 0 Å². The first-order chi connectivity index (χ1) is 13.2. The van der Waals surface area contributed by atoms with Crippen LogP contribution in [0.4, 0.5) is 11.5 Å². The van der Waals surface area contributed by atoms with Crippen molar-refractivity contribution in [2.75, 3.05) is 11.4 Å². The molecular formula is C22H22N4O. The van der Waals surface area contributed by atoms with Crippen LogP contribution in [0.1, 0.15) is 33.6 Å². The molecule has 0 radical (unpaired) electrons. The van der Waals surface area contributed by atoms with E-state index in [0.29, 0.717) is 12.2 Å². The molecule has 0 unspecified atom stereocenters. The quantitative estimate of drug-likeness (QED) is 0.771. The van der Waals surface area contributed by atoms with Gasteiger partial charge in [0, 0.05) is 24.8 Å². The van der Waals surface area contributed by atoms with Crippen molar-refractivity contribution < 1.29 is 4.79 Å². The third kappa shape index (κ3) is 3.82. The Morgan fingerprint density at radius 2 is 1.93 bits per heavy atom. The van der Waals surface area contributed by atoms with Crippen LogP contribution in [0.3, 0.4) is 0 Å². The molecule has 1 aliphatic rings. The number of hydrogen-bond acceptors (Lipinski definition) is 4. The van der Waals surface area contributed by atoms with E-state index in [1.807, 2.05) is 37.3 Å². The first-order valence-corrected chi connectivity index (χ1v) is 9.22. The first-order valence-electron chi connectivity index (χ1n) is 9.22. The van der Waals surface area contributed by atoms with Crippen molar-refractivity contribution in [3.05, 3.63) is 83.3 Å². The monoisotopic (exact) mass is 358 g/mol. The standard InChI is InChI=1S/C22H22N4O/c1-16-8-10-17(11-9-16)14-23-22(27)19-13-21(25-15-24-19)26-12-4-6-18-5-2-3-7-20(18)26/h2-3,5,7-11,13,15H,4,6,12,14H2,1H3,(H,23,27). The normalized spacial score (nSPS) is 13.1. The highest BCUT2D eigenvalue weighted by atomic mass is 16.1. The summed E-state index contributed by atoms with van der Waals surface area (Å²) in [6.45, 7) is 3.41. The van der Waals surface area contributed by atoms with Crippen molar-refractivity contribution in [3.8, 4) is 0 Å². The van der Waals surface area contributed by atoms with Crippen LogP contribution < -0.4 is 10.2 Å². The number of nitrogens with one attached hydrogen (secondary N) is 1. The van der Waals surface area contributed by atoms with Gasteiger partial charge in [-0.1, -0.05) is 48.0 Å². The van der Waals surface area contributed by atoms with Gasteiger partial charge in [-0.25, -0.2) is 9.97 Å². The Hall–Kier alpha value is -3.21. The van der Waals surface area contributed by atoms with Crippen molar-refractivity contribution in [1.29, 1.82) is 0 Å². The molecule has 0 saturated carbocycles. The summed E-state index contributed by atoms with van der Waals surface area (Å²) in [5.74, 6) is 0.571. The first kappa shape index (κ1) is 17.2. The Balaban J connectivity index is 1.51. The molecule has 1 aliphatic heterocycles. The molecular weight excluding hydrogens is 336 g/mol. The molecule has 0 saturated heterocycles. The highest BCUT2D eigenvalue weighted by Gasteiger charge is 2.20. The summed E-state index contributed by atoms with van der Waals surface area (Å²) in [6.07, 6.45) is 3.60. The molecule has 0 aliphatic carbocycles. The van der Waals surface area contributed by atoms with Gasteiger partial charge in [0.25, 0.3) is 5.91 Å². The maximum Gasteiger partial charge on any atom is 0.270 e. The Morgan fingerprint density at radius 3 is 2.78 bits per heavy atom. The lowest BCUT2D eigenvalue weighted by molar-refractivity contribution is 0.0946. The average Bonchev–Trinajstić information content (AvgIpc) is 2.73. The van der Waals surface area contributed by atoms with E-state index in [2.05, 4.69) is 38.4 Å². The summed E-state index contributed by atoms with van der Waals surface area (Å²) in [4.78, 5) is 23.3. The molecule has 0 atom stereocenters. The smallest absolute Gasteiger partial charge is 0.270 e. The highest BCUT2D eigenvalue weighted by Crippen LogP contribution is 2.32. The minimum absolute atomic E-state index is 0.190. The molecule has 136 valence electrons. The molecule has 2 aromatic carbocycles. The zero-order chi connectivity index (χ0) is 18.6. The molecule has 5 heteroatoms. The van der Waals surface area contributed by atoms with Gasteiger partial charge >= 0.3 is 0 Å². The second-order valence-electron chi connectivity index (χ2n) is 6.81. The van der Waals surface area contributed by atoms with Gasteiger partial charge < -0.3 is 10.2 Å². The van der Waals surface area contributed by atoms with Crippen LogP contribution in [-0.2, 0) is 13.0 Å². The fourth-order valence-electron chi connectivity index (χ4n) is 3.37. The summed E-state index contributed by atoms with van der Waals surface area (Å²) in [6, 6.07) is 18.2. The Labute approximate surface area is 159 Å². The number of hydrogen-bond donors (Lipinski definition) is 1. The van der Waals surface area contributed by atoms with E-state index < -0.39 is 0 Å². The van der Waals surface area contributed by atoms with Gasteiger partial charge in [-0.2, -0.15) is 0 Å². The number of para-hydroxylation sites is 1. The van der Waals surface area contributed by atoms with Gasteiger partial charge in [-0.3, -0.25) is 4.79 Å². The van der Waals surface area contributed by atoms with Gasteiger partial charge in [0.05, 0.1) is 0 Å². The fourth-order valence-corrected chi connectivity index (χ4v) is 3.37. The highest BCUT2D eigenvalue weighted by molar-refractivity contribution is 5.93. The van der Waals surface area contributed by atoms with Crippen molar-refractivity contribution in [2.24, 2.45) is 0 Å². The SMILES string of the molecule is Cc1ccc(CNC(=O)c2cc(N3CCCc4ccccc43)ncn2)cc1. The van der Waals surface area contributed by atoms with Gasteiger partial charge in [-0.05, 0) is 37.0 Å². The van der Waals surface area contributed by atoms with Crippen LogP contribution in [0.25, 0.3) is 0 Å². The number of aryl methyl sites for hydroxylation is 2. The van der Waals surface area contributed by atoms with E-state index in [1.165, 1.54) is 17.5 Å². The third-order valence-electron chi connectivity index (χ3n) is 4.85. The summed E-state index contributed by atoms with van der Waals surface area (Å²) in [5.41, 5.74) is 5.12. The lowest BCUT2D eigenvalue weighted by Gasteiger charge is -2.30. The van der Waals surface area contributed by atoms with Crippen LogP contribution in [-0.4, -0.2) is 22.4 Å². The average molecular weight is 358 g/mol. The number of rotatable bonds is 4. The van der Waals surface area contributed by atoms with Crippen molar-refractivity contribution in [1.82, 2.24) is 15.3 Å². The van der Waals surface area contributed by atoms with Crippen molar-refractivity contribution in [3.63, 3.8) is 0 Å². The number of aromatic nitrogens is 2. The second-order valence-corrected chi connectivity index (χ2v) is 6.81. The number of amides is 1. The van der Waals surface area contributed by atoms with Crippen molar-refractivity contribution in [2.45, 2.75) is 26.3 Å². The molecule has 2 heterocycles. The molecule has 0 bridgehead atoms. The molecule has 3 aromatic rings. The van der Waals surface area contributed by atoms with Gasteiger partial charge in [0.2, 0.25) is 0 Å². The maximum atomic E-state index is 12.5. The van der Waals surface area contributed by atoms with E-state index in [9.17, 15) is 4.79 Å². The van der Waals surface area contributed by atoms with Crippen molar-refractivity contribution >= 4 is 17.4 Å². The van der Waals surface area contributed by atoms with E-state index in [1.54, 1.807) is 6.07 Å². The number of anilines is 2. The fraction of sp³-hybridized carbons (Fsp3) is 0.227. The van der Waals surface area contributed by atoms with Crippen LogP contribution in [0.2, 0.25) is 0 Å². The predicted octanol–water partition coefficient (Wildman–Crippen LogP) is 3.80. The zero-order valence-corrected chi connectivity index (χ0v) is 15.4. The lowest BCUT2D eigenvalue weighted by Crippen LogP contribution is -2.27. The molecule has 4 rings (SSSR count). The predicted molar refractivity (Wildman–Crippen MR) is 106 cm³/mol. The maximum absolute atomic E-state index is 12.5. The Morgan fingerprint density at radius 1 is 1.11 bits per heavy atom. The Kier molecular flexibility index (Phi) is 4.83. The molecule has 5 nitrogen and oxygen atoms in total. The summed E-state index contributed by atoms with van der Waals surface area (Å²) in [5, 5.41) is 2.94. The second kappa shape index (κ2) is 7.58. The molecule has 1 amide bonds. The van der Waals surface area contributed by atoms with E-state index in [0.717, 1.165) is 36.5 Å². The summed E-state index contributed by atoms with van der Waals surface area (Å²) >= 11 is 0. The minimum atomic E-state index is -0.190. The van der Waals surface area contributed by atoms with Crippen LogP contribution in [0.5, 0.6) is 0 Å². The number of fused-ring (bicyclic) bond motifs is 1. The number of carbonyl (C=O) groups excluding carboxylic acids is 1. The van der Waals surface area contributed by atoms with Crippen LogP contribution in [0, 0.1) is 6.92 Å². The van der Waals surface area contributed by atoms with E-state index >= 15 is 0 Å². The summed E-state index contributed by atoms with van der Waals surface area (Å²) < 4.78 is 0. The Bertz CT molecular complexity index is 953. The topological polar surface area (TPSA) is 58.1 Å². The zero-order valence-electron chi connectivity index (χ0n) is 15.4. The van der Waals surface area contributed by atoms with E-state index in [-0.39, 0.29) is 5.91 Å². The molecule has 1 aromatic heterocycles. The number of nitrogens with zero attached hydrogens (tertiary/aromatic N) is 3.